The third-order valence-corrected chi connectivity index (χ3v) is 5.81. The molecule has 1 atom stereocenters. The third-order valence-electron chi connectivity index (χ3n) is 5.81. The molecule has 3 heterocycles. The predicted molar refractivity (Wildman–Crippen MR) is 116 cm³/mol. The highest BCUT2D eigenvalue weighted by Crippen LogP contribution is 2.29. The topological polar surface area (TPSA) is 62.5 Å². The maximum Gasteiger partial charge on any atom is 0.224 e. The lowest BCUT2D eigenvalue weighted by Gasteiger charge is -2.35. The Kier molecular flexibility index (Phi) is 5.79. The monoisotopic (exact) mass is 391 g/mol. The van der Waals surface area contributed by atoms with Gasteiger partial charge in [-0.15, -0.1) is 0 Å². The molecule has 1 amide bonds. The minimum atomic E-state index is 0.247. The van der Waals surface area contributed by atoms with E-state index >= 15 is 0 Å². The van der Waals surface area contributed by atoms with Gasteiger partial charge < -0.3 is 10.2 Å². The average molecular weight is 392 g/mol. The summed E-state index contributed by atoms with van der Waals surface area (Å²) in [5.74, 6) is 1.15. The number of rotatable bonds is 6. The highest BCUT2D eigenvalue weighted by molar-refractivity contribution is 5.79. The minimum Gasteiger partial charge on any atom is -0.369 e. The summed E-state index contributed by atoms with van der Waals surface area (Å²) >= 11 is 0. The Labute approximate surface area is 172 Å². The highest BCUT2D eigenvalue weighted by atomic mass is 16.2. The normalized spacial score (nSPS) is 16.9. The highest BCUT2D eigenvalue weighted by Gasteiger charge is 2.25. The van der Waals surface area contributed by atoms with E-state index in [0.717, 1.165) is 48.5 Å². The van der Waals surface area contributed by atoms with Crippen LogP contribution < -0.4 is 5.32 Å². The molecular formula is C23H29N5O. The summed E-state index contributed by atoms with van der Waals surface area (Å²) < 4.78 is 2.00. The number of nitrogens with zero attached hydrogens (tertiary/aromatic N) is 4. The van der Waals surface area contributed by atoms with Crippen molar-refractivity contribution < 1.29 is 4.79 Å². The van der Waals surface area contributed by atoms with Gasteiger partial charge in [0.05, 0.1) is 6.20 Å². The number of nitrogens with one attached hydrogen (secondary N) is 1. The summed E-state index contributed by atoms with van der Waals surface area (Å²) in [6.45, 7) is 5.73. The molecule has 0 aliphatic carbocycles. The van der Waals surface area contributed by atoms with Crippen LogP contribution in [0.2, 0.25) is 0 Å². The van der Waals surface area contributed by atoms with E-state index in [2.05, 4.69) is 53.3 Å². The van der Waals surface area contributed by atoms with E-state index in [-0.39, 0.29) is 5.91 Å². The van der Waals surface area contributed by atoms with E-state index in [1.165, 1.54) is 12.0 Å². The number of piperidine rings is 1. The van der Waals surface area contributed by atoms with Crippen LogP contribution in [-0.2, 0) is 4.79 Å². The van der Waals surface area contributed by atoms with Crippen molar-refractivity contribution in [3.8, 4) is 11.3 Å². The molecule has 3 aromatic rings. The molecule has 0 bridgehead atoms. The van der Waals surface area contributed by atoms with Crippen LogP contribution in [0.4, 0.5) is 5.82 Å². The molecule has 29 heavy (non-hydrogen) atoms. The van der Waals surface area contributed by atoms with Crippen molar-refractivity contribution in [2.75, 3.05) is 18.4 Å². The minimum absolute atomic E-state index is 0.247. The molecule has 0 unspecified atom stereocenters. The van der Waals surface area contributed by atoms with Gasteiger partial charge >= 0.3 is 0 Å². The second-order valence-corrected chi connectivity index (χ2v) is 7.80. The van der Waals surface area contributed by atoms with Gasteiger partial charge in [-0.2, -0.15) is 0 Å². The number of aromatic nitrogens is 3. The van der Waals surface area contributed by atoms with Crippen LogP contribution in [-0.4, -0.2) is 44.3 Å². The second kappa shape index (κ2) is 8.64. The Bertz CT molecular complexity index is 979. The van der Waals surface area contributed by atoms with Gasteiger partial charge in [0.15, 0.2) is 5.65 Å². The summed E-state index contributed by atoms with van der Waals surface area (Å²) in [5.41, 5.74) is 3.94. The molecule has 6 nitrogen and oxygen atoms in total. The number of imidazole rings is 1. The molecule has 1 aliphatic rings. The summed E-state index contributed by atoms with van der Waals surface area (Å²) in [6.07, 6.45) is 10.4. The molecule has 2 aromatic heterocycles. The number of hydrogen-bond acceptors (Lipinski definition) is 4. The van der Waals surface area contributed by atoms with Gasteiger partial charge in [0, 0.05) is 43.5 Å². The van der Waals surface area contributed by atoms with Crippen molar-refractivity contribution in [1.29, 1.82) is 0 Å². The standard InChI is InChI=1S/C23H29N5O/c1-3-19-6-4-5-14-27(19)21(29)11-12-25-23-22(18-9-7-17(2)8-10-18)26-20-16-24-13-15-28(20)23/h7-10,13,15-16,19,25H,3-6,11-12,14H2,1-2H3/t19-/m0/s1. The van der Waals surface area contributed by atoms with Gasteiger partial charge in [-0.25, -0.2) is 4.98 Å². The molecule has 0 spiro atoms. The van der Waals surface area contributed by atoms with E-state index < -0.39 is 0 Å². The van der Waals surface area contributed by atoms with E-state index in [4.69, 9.17) is 4.98 Å². The van der Waals surface area contributed by atoms with Gasteiger partial charge in [-0.05, 0) is 32.6 Å². The fourth-order valence-corrected chi connectivity index (χ4v) is 4.17. The van der Waals surface area contributed by atoms with Crippen molar-refractivity contribution in [2.24, 2.45) is 0 Å². The Morgan fingerprint density at radius 1 is 1.24 bits per heavy atom. The van der Waals surface area contributed by atoms with Gasteiger partial charge in [0.25, 0.3) is 0 Å². The molecule has 1 N–H and O–H groups in total. The van der Waals surface area contributed by atoms with Gasteiger partial charge in [-0.3, -0.25) is 14.2 Å². The zero-order chi connectivity index (χ0) is 20.2. The quantitative estimate of drug-likeness (QED) is 0.681. The lowest BCUT2D eigenvalue weighted by atomic mass is 9.99. The van der Waals surface area contributed by atoms with Gasteiger partial charge in [0.2, 0.25) is 5.91 Å². The first-order chi connectivity index (χ1) is 14.2. The summed E-state index contributed by atoms with van der Waals surface area (Å²) in [6, 6.07) is 8.75. The maximum atomic E-state index is 12.8. The van der Waals surface area contributed by atoms with Crippen molar-refractivity contribution in [3.05, 3.63) is 48.4 Å². The Hall–Kier alpha value is -2.89. The average Bonchev–Trinajstić information content (AvgIpc) is 3.13. The van der Waals surface area contributed by atoms with Crippen molar-refractivity contribution in [1.82, 2.24) is 19.3 Å². The zero-order valence-electron chi connectivity index (χ0n) is 17.3. The number of benzene rings is 1. The first-order valence-corrected chi connectivity index (χ1v) is 10.6. The first-order valence-electron chi connectivity index (χ1n) is 10.6. The largest absolute Gasteiger partial charge is 0.369 e. The third kappa shape index (κ3) is 4.11. The molecule has 1 saturated heterocycles. The van der Waals surface area contributed by atoms with Crippen molar-refractivity contribution in [3.63, 3.8) is 0 Å². The molecular weight excluding hydrogens is 362 g/mol. The molecule has 0 saturated carbocycles. The number of carbonyl (C=O) groups excluding carboxylic acids is 1. The molecule has 152 valence electrons. The van der Waals surface area contributed by atoms with Crippen LogP contribution in [0.25, 0.3) is 16.9 Å². The molecule has 1 aromatic carbocycles. The smallest absolute Gasteiger partial charge is 0.224 e. The van der Waals surface area contributed by atoms with Gasteiger partial charge in [-0.1, -0.05) is 36.8 Å². The summed E-state index contributed by atoms with van der Waals surface area (Å²) in [4.78, 5) is 23.9. The maximum absolute atomic E-state index is 12.8. The molecule has 6 heteroatoms. The van der Waals surface area contributed by atoms with Crippen LogP contribution in [0.5, 0.6) is 0 Å². The Morgan fingerprint density at radius 2 is 2.07 bits per heavy atom. The fraction of sp³-hybridized carbons (Fsp3) is 0.435. The number of amides is 1. The van der Waals surface area contributed by atoms with E-state index in [1.54, 1.807) is 12.4 Å². The lowest BCUT2D eigenvalue weighted by Crippen LogP contribution is -2.43. The SMILES string of the molecule is CC[C@H]1CCCCN1C(=O)CCNc1c(-c2ccc(C)cc2)nc2cnccn12. The van der Waals surface area contributed by atoms with Crippen LogP contribution in [0.1, 0.15) is 44.6 Å². The van der Waals surface area contributed by atoms with E-state index in [1.807, 2.05) is 10.6 Å². The second-order valence-electron chi connectivity index (χ2n) is 7.80. The van der Waals surface area contributed by atoms with Gasteiger partial charge in [0.1, 0.15) is 11.5 Å². The number of fused-ring (bicyclic) bond motifs is 1. The summed E-state index contributed by atoms with van der Waals surface area (Å²) in [7, 11) is 0. The number of anilines is 1. The fourth-order valence-electron chi connectivity index (χ4n) is 4.17. The zero-order valence-corrected chi connectivity index (χ0v) is 17.3. The Balaban J connectivity index is 1.52. The van der Waals surface area contributed by atoms with E-state index in [0.29, 0.717) is 19.0 Å². The van der Waals surface area contributed by atoms with E-state index in [9.17, 15) is 4.79 Å². The van der Waals surface area contributed by atoms with Crippen LogP contribution in [0.15, 0.2) is 42.9 Å². The number of carbonyl (C=O) groups is 1. The summed E-state index contributed by atoms with van der Waals surface area (Å²) in [5, 5.41) is 3.48. The molecule has 4 rings (SSSR count). The van der Waals surface area contributed by atoms with Crippen molar-refractivity contribution >= 4 is 17.4 Å². The van der Waals surface area contributed by atoms with Crippen molar-refractivity contribution in [2.45, 2.75) is 52.0 Å². The predicted octanol–water partition coefficient (Wildman–Crippen LogP) is 4.30. The molecule has 1 fully saturated rings. The number of aryl methyl sites for hydroxylation is 1. The van der Waals surface area contributed by atoms with Crippen LogP contribution >= 0.6 is 0 Å². The number of likely N-dealkylation sites (tertiary alicyclic amines) is 1. The van der Waals surface area contributed by atoms with Crippen LogP contribution in [0, 0.1) is 6.92 Å². The number of hydrogen-bond donors (Lipinski definition) is 1. The molecule has 1 aliphatic heterocycles. The molecule has 0 radical (unpaired) electrons. The van der Waals surface area contributed by atoms with Crippen LogP contribution in [0.3, 0.4) is 0 Å². The Morgan fingerprint density at radius 3 is 2.86 bits per heavy atom. The lowest BCUT2D eigenvalue weighted by molar-refractivity contribution is -0.134. The first kappa shape index (κ1) is 19.4.